The number of aromatic nitrogens is 2. The van der Waals surface area contributed by atoms with E-state index < -0.39 is 24.4 Å². The van der Waals surface area contributed by atoms with Gasteiger partial charge in [0.15, 0.2) is 11.8 Å². The van der Waals surface area contributed by atoms with Gasteiger partial charge in [-0.2, -0.15) is 0 Å². The molecule has 0 spiro atoms. The number of hydrogen-bond acceptors (Lipinski definition) is 7. The number of fused-ring (bicyclic) bond motifs is 3. The lowest BCUT2D eigenvalue weighted by atomic mass is 10.1. The Balaban J connectivity index is 1.71. The van der Waals surface area contributed by atoms with Crippen LogP contribution in [0.15, 0.2) is 30.3 Å². The zero-order chi connectivity index (χ0) is 21.4. The van der Waals surface area contributed by atoms with Crippen molar-refractivity contribution in [3.05, 3.63) is 30.3 Å². The highest BCUT2D eigenvalue weighted by molar-refractivity contribution is 5.84. The maximum atomic E-state index is 13.4. The molecule has 0 aliphatic carbocycles. The fourth-order valence-corrected chi connectivity index (χ4v) is 3.51. The molecule has 9 nitrogen and oxygen atoms in total. The number of nitrogens with one attached hydrogen (secondary N) is 2. The van der Waals surface area contributed by atoms with Crippen molar-refractivity contribution in [2.45, 2.75) is 32.0 Å². The summed E-state index contributed by atoms with van der Waals surface area (Å²) < 4.78 is 33.8. The third-order valence-corrected chi connectivity index (χ3v) is 5.07. The molecule has 1 saturated heterocycles. The van der Waals surface area contributed by atoms with E-state index in [1.165, 1.54) is 0 Å². The van der Waals surface area contributed by atoms with Gasteiger partial charge in [0.1, 0.15) is 24.5 Å². The average Bonchev–Trinajstić information content (AvgIpc) is 3.28. The van der Waals surface area contributed by atoms with Crippen LogP contribution in [-0.4, -0.2) is 53.1 Å². The van der Waals surface area contributed by atoms with Gasteiger partial charge in [0.05, 0.1) is 0 Å². The molecule has 2 aromatic rings. The van der Waals surface area contributed by atoms with Gasteiger partial charge >= 0.3 is 0 Å². The Kier molecular flexibility index (Phi) is 5.04. The highest BCUT2D eigenvalue weighted by atomic mass is 19.3. The van der Waals surface area contributed by atoms with Crippen molar-refractivity contribution in [3.63, 3.8) is 0 Å². The molecule has 1 aromatic carbocycles. The maximum absolute atomic E-state index is 13.4. The number of anilines is 3. The largest absolute Gasteiger partial charge is 0.468 e. The van der Waals surface area contributed by atoms with Crippen LogP contribution >= 0.6 is 0 Å². The van der Waals surface area contributed by atoms with Gasteiger partial charge in [0.2, 0.25) is 5.91 Å². The standard InChI is InChI=1S/C19H20F2N6O3/c1-10(18(22)29)24-11-2-3-12-13(6-11)23-4-5-26-7-15(25-19(12)26)27-14(17(20)21)9-30-16(27)8-28/h2-3,6-7,10,14,17,23-24H,4-5,9H2,1H3,(H2,22,29)/t10-,14-/m0/s1. The first-order valence-corrected chi connectivity index (χ1v) is 9.35. The van der Waals surface area contributed by atoms with Gasteiger partial charge in [-0.15, -0.1) is 0 Å². The topological polar surface area (TPSA) is 115 Å². The van der Waals surface area contributed by atoms with Gasteiger partial charge in [-0.05, 0) is 25.1 Å². The third-order valence-electron chi connectivity index (χ3n) is 5.07. The number of imidazole rings is 1. The predicted octanol–water partition coefficient (Wildman–Crippen LogP) is 1.40. The van der Waals surface area contributed by atoms with Crippen molar-refractivity contribution in [1.82, 2.24) is 9.55 Å². The number of amides is 1. The molecule has 0 radical (unpaired) electrons. The van der Waals surface area contributed by atoms with Crippen LogP contribution in [0.4, 0.5) is 26.0 Å². The quantitative estimate of drug-likeness (QED) is 0.629. The van der Waals surface area contributed by atoms with E-state index in [1.54, 1.807) is 25.1 Å². The van der Waals surface area contributed by atoms with Crippen LogP contribution in [0.5, 0.6) is 0 Å². The fraction of sp³-hybridized carbons (Fsp3) is 0.368. The number of carbonyl (C=O) groups is 1. The Hall–Kier alpha value is -3.59. The number of halogens is 2. The Morgan fingerprint density at radius 2 is 2.27 bits per heavy atom. The minimum absolute atomic E-state index is 0.198. The maximum Gasteiger partial charge on any atom is 0.284 e. The molecule has 30 heavy (non-hydrogen) atoms. The van der Waals surface area contributed by atoms with Crippen molar-refractivity contribution < 1.29 is 23.1 Å². The van der Waals surface area contributed by atoms with Gasteiger partial charge < -0.3 is 25.7 Å². The molecule has 2 aliphatic rings. The zero-order valence-electron chi connectivity index (χ0n) is 16.1. The van der Waals surface area contributed by atoms with Gasteiger partial charge in [-0.3, -0.25) is 9.69 Å². The first-order chi connectivity index (χ1) is 14.4. The molecule has 11 heteroatoms. The molecule has 0 saturated carbocycles. The molecule has 1 fully saturated rings. The Morgan fingerprint density at radius 3 is 2.97 bits per heavy atom. The van der Waals surface area contributed by atoms with E-state index in [1.807, 2.05) is 16.7 Å². The van der Waals surface area contributed by atoms with Crippen LogP contribution in [-0.2, 0) is 20.9 Å². The normalized spacial score (nSPS) is 18.6. The molecule has 0 unspecified atom stereocenters. The highest BCUT2D eigenvalue weighted by Crippen LogP contribution is 2.36. The molecule has 158 valence electrons. The first-order valence-electron chi connectivity index (χ1n) is 9.35. The van der Waals surface area contributed by atoms with Crippen molar-refractivity contribution in [3.8, 4) is 11.4 Å². The Morgan fingerprint density at radius 1 is 1.47 bits per heavy atom. The summed E-state index contributed by atoms with van der Waals surface area (Å²) in [7, 11) is 0. The van der Waals surface area contributed by atoms with Crippen LogP contribution in [0.25, 0.3) is 11.4 Å². The van der Waals surface area contributed by atoms with Crippen LogP contribution < -0.4 is 21.3 Å². The van der Waals surface area contributed by atoms with E-state index >= 15 is 0 Å². The van der Waals surface area contributed by atoms with E-state index in [-0.39, 0.29) is 18.3 Å². The van der Waals surface area contributed by atoms with Gasteiger partial charge in [-0.1, -0.05) is 0 Å². The second kappa shape index (κ2) is 7.68. The minimum Gasteiger partial charge on any atom is -0.468 e. The van der Waals surface area contributed by atoms with Crippen molar-refractivity contribution in [1.29, 1.82) is 0 Å². The van der Waals surface area contributed by atoms with E-state index in [2.05, 4.69) is 15.6 Å². The molecular weight excluding hydrogens is 398 g/mol. The van der Waals surface area contributed by atoms with Crippen LogP contribution in [0.3, 0.4) is 0 Å². The number of ether oxygens (including phenoxy) is 1. The van der Waals surface area contributed by atoms with Crippen molar-refractivity contribution in [2.75, 3.05) is 28.7 Å². The highest BCUT2D eigenvalue weighted by Gasteiger charge is 2.40. The third kappa shape index (κ3) is 3.43. The fourth-order valence-electron chi connectivity index (χ4n) is 3.51. The molecule has 2 atom stereocenters. The smallest absolute Gasteiger partial charge is 0.284 e. The molecule has 4 rings (SSSR count). The summed E-state index contributed by atoms with van der Waals surface area (Å²) in [5, 5.41) is 6.32. The van der Waals surface area contributed by atoms with E-state index in [0.717, 1.165) is 16.2 Å². The first kappa shape index (κ1) is 19.7. The minimum atomic E-state index is -2.72. The number of alkyl halides is 2. The Bertz CT molecular complexity index is 1030. The average molecular weight is 418 g/mol. The van der Waals surface area contributed by atoms with E-state index in [0.29, 0.717) is 24.6 Å². The second-order valence-corrected chi connectivity index (χ2v) is 7.06. The van der Waals surface area contributed by atoms with Crippen molar-refractivity contribution >= 4 is 29.0 Å². The summed E-state index contributed by atoms with van der Waals surface area (Å²) in [4.78, 5) is 28.1. The second-order valence-electron chi connectivity index (χ2n) is 7.06. The number of benzene rings is 1. The number of nitrogens with zero attached hydrogens (tertiary/aromatic N) is 3. The summed E-state index contributed by atoms with van der Waals surface area (Å²) in [5.74, 6) is 1.56. The summed E-state index contributed by atoms with van der Waals surface area (Å²) in [6.45, 7) is 2.45. The number of hydrogen-bond donors (Lipinski definition) is 3. The Labute approximate surface area is 170 Å². The monoisotopic (exact) mass is 418 g/mol. The van der Waals surface area contributed by atoms with Crippen LogP contribution in [0.2, 0.25) is 0 Å². The van der Waals surface area contributed by atoms with Gasteiger partial charge in [0, 0.05) is 36.2 Å². The van der Waals surface area contributed by atoms with Crippen LogP contribution in [0, 0.1) is 0 Å². The SMILES string of the molecule is C[C@H](Nc1ccc2c(c1)NCCn1cc(N3C(=C=O)OC[C@H]3C(F)F)nc1-2)C(N)=O. The van der Waals surface area contributed by atoms with Crippen molar-refractivity contribution in [2.24, 2.45) is 5.73 Å². The molecule has 1 aromatic heterocycles. The summed E-state index contributed by atoms with van der Waals surface area (Å²) >= 11 is 0. The summed E-state index contributed by atoms with van der Waals surface area (Å²) in [6.07, 6.45) is -1.10. The molecule has 2 aliphatic heterocycles. The lowest BCUT2D eigenvalue weighted by Gasteiger charge is -2.19. The number of nitrogens with two attached hydrogens (primary N) is 1. The molecule has 1 amide bonds. The predicted molar refractivity (Wildman–Crippen MR) is 106 cm³/mol. The van der Waals surface area contributed by atoms with Gasteiger partial charge in [0.25, 0.3) is 12.3 Å². The molecular formula is C19H20F2N6O3. The van der Waals surface area contributed by atoms with Gasteiger partial charge in [-0.25, -0.2) is 18.6 Å². The van der Waals surface area contributed by atoms with Crippen LogP contribution in [0.1, 0.15) is 6.92 Å². The summed E-state index contributed by atoms with van der Waals surface area (Å²) in [6, 6.07) is 3.57. The lowest BCUT2D eigenvalue weighted by Crippen LogP contribution is -2.36. The van der Waals surface area contributed by atoms with E-state index in [4.69, 9.17) is 10.5 Å². The number of primary amides is 1. The lowest BCUT2D eigenvalue weighted by molar-refractivity contribution is -0.118. The number of carbonyl (C=O) groups excluding carboxylic acids is 2. The zero-order valence-corrected chi connectivity index (χ0v) is 16.1. The molecule has 3 heterocycles. The molecule has 0 bridgehead atoms. The van der Waals surface area contributed by atoms with E-state index in [9.17, 15) is 18.4 Å². The summed E-state index contributed by atoms with van der Waals surface area (Å²) in [5.41, 5.74) is 7.52. The number of rotatable bonds is 5. The molecule has 4 N–H and O–H groups in total.